The Hall–Kier alpha value is -1.75. The van der Waals surface area contributed by atoms with Crippen molar-refractivity contribution in [2.45, 2.75) is 44.2 Å². The molecule has 6 heteroatoms. The van der Waals surface area contributed by atoms with Gasteiger partial charge in [-0.3, -0.25) is 4.79 Å². The SMILES string of the molecule is NC(=O)[C@@H]1CCC[C@@H]1NC(=O)N[C@H]1CCc2cc(Cl)ccc21. The maximum absolute atomic E-state index is 12.2. The van der Waals surface area contributed by atoms with Crippen molar-refractivity contribution in [1.29, 1.82) is 0 Å². The predicted molar refractivity (Wildman–Crippen MR) is 84.5 cm³/mol. The van der Waals surface area contributed by atoms with Gasteiger partial charge in [-0.15, -0.1) is 0 Å². The van der Waals surface area contributed by atoms with Gasteiger partial charge in [0.2, 0.25) is 5.91 Å². The van der Waals surface area contributed by atoms with Gasteiger partial charge < -0.3 is 16.4 Å². The van der Waals surface area contributed by atoms with E-state index in [-0.39, 0.29) is 29.9 Å². The number of halogens is 1. The summed E-state index contributed by atoms with van der Waals surface area (Å²) in [4.78, 5) is 23.6. The molecule has 1 saturated carbocycles. The van der Waals surface area contributed by atoms with Gasteiger partial charge in [-0.05, 0) is 48.9 Å². The summed E-state index contributed by atoms with van der Waals surface area (Å²) < 4.78 is 0. The van der Waals surface area contributed by atoms with Gasteiger partial charge in [0.05, 0.1) is 12.0 Å². The number of benzene rings is 1. The van der Waals surface area contributed by atoms with Crippen LogP contribution in [-0.2, 0) is 11.2 Å². The molecule has 0 radical (unpaired) electrons. The third kappa shape index (κ3) is 3.04. The molecular formula is C16H20ClN3O2. The third-order valence-electron chi connectivity index (χ3n) is 4.69. The molecule has 2 aliphatic carbocycles. The van der Waals surface area contributed by atoms with Gasteiger partial charge in [-0.1, -0.05) is 24.1 Å². The van der Waals surface area contributed by atoms with Crippen LogP contribution in [0.25, 0.3) is 0 Å². The first-order valence-corrected chi connectivity index (χ1v) is 8.07. The van der Waals surface area contributed by atoms with E-state index in [1.807, 2.05) is 18.2 Å². The molecule has 3 amide bonds. The largest absolute Gasteiger partial charge is 0.369 e. The Kier molecular flexibility index (Phi) is 4.25. The number of rotatable bonds is 3. The second-order valence-corrected chi connectivity index (χ2v) is 6.53. The number of aryl methyl sites for hydroxylation is 1. The number of urea groups is 1. The zero-order valence-corrected chi connectivity index (χ0v) is 13.0. The number of primary amides is 1. The van der Waals surface area contributed by atoms with Gasteiger partial charge in [0.15, 0.2) is 0 Å². The van der Waals surface area contributed by atoms with E-state index in [1.165, 1.54) is 5.56 Å². The molecule has 3 atom stereocenters. The molecule has 1 aromatic carbocycles. The van der Waals surface area contributed by atoms with Gasteiger partial charge in [-0.25, -0.2) is 4.79 Å². The van der Waals surface area contributed by atoms with E-state index >= 15 is 0 Å². The summed E-state index contributed by atoms with van der Waals surface area (Å²) in [6.07, 6.45) is 4.26. The summed E-state index contributed by atoms with van der Waals surface area (Å²) in [7, 11) is 0. The van der Waals surface area contributed by atoms with Crippen LogP contribution in [0.5, 0.6) is 0 Å². The minimum Gasteiger partial charge on any atom is -0.369 e. The first kappa shape index (κ1) is 15.2. The fourth-order valence-corrected chi connectivity index (χ4v) is 3.77. The van der Waals surface area contributed by atoms with Crippen molar-refractivity contribution in [3.8, 4) is 0 Å². The molecule has 22 heavy (non-hydrogen) atoms. The maximum atomic E-state index is 12.2. The van der Waals surface area contributed by atoms with Crippen LogP contribution in [-0.4, -0.2) is 18.0 Å². The van der Waals surface area contributed by atoms with Crippen molar-refractivity contribution in [2.75, 3.05) is 0 Å². The average molecular weight is 322 g/mol. The van der Waals surface area contributed by atoms with E-state index in [0.29, 0.717) is 0 Å². The molecule has 0 heterocycles. The van der Waals surface area contributed by atoms with Gasteiger partial charge in [-0.2, -0.15) is 0 Å². The standard InChI is InChI=1S/C16H20ClN3O2/c17-10-5-6-11-9(8-10)4-7-14(11)20-16(22)19-13-3-1-2-12(13)15(18)21/h5-6,8,12-14H,1-4,7H2,(H2,18,21)(H2,19,20,22)/t12-,13+,14+/m1/s1. The van der Waals surface area contributed by atoms with E-state index < -0.39 is 0 Å². The van der Waals surface area contributed by atoms with E-state index in [4.69, 9.17) is 17.3 Å². The lowest BCUT2D eigenvalue weighted by Crippen LogP contribution is -2.47. The maximum Gasteiger partial charge on any atom is 0.315 e. The van der Waals surface area contributed by atoms with Crippen LogP contribution < -0.4 is 16.4 Å². The Labute approximate surface area is 134 Å². The molecule has 4 N–H and O–H groups in total. The van der Waals surface area contributed by atoms with Gasteiger partial charge in [0.25, 0.3) is 0 Å². The minimum atomic E-state index is -0.330. The molecule has 0 unspecified atom stereocenters. The van der Waals surface area contributed by atoms with Crippen LogP contribution in [0, 0.1) is 5.92 Å². The van der Waals surface area contributed by atoms with Crippen molar-refractivity contribution in [3.63, 3.8) is 0 Å². The lowest BCUT2D eigenvalue weighted by molar-refractivity contribution is -0.122. The molecule has 3 rings (SSSR count). The molecule has 0 aromatic heterocycles. The Morgan fingerprint density at radius 2 is 2.00 bits per heavy atom. The highest BCUT2D eigenvalue weighted by atomic mass is 35.5. The quantitative estimate of drug-likeness (QED) is 0.798. The number of hydrogen-bond acceptors (Lipinski definition) is 2. The molecule has 1 aromatic rings. The summed E-state index contributed by atoms with van der Waals surface area (Å²) in [5, 5.41) is 6.62. The minimum absolute atomic E-state index is 0.000646. The van der Waals surface area contributed by atoms with Crippen LogP contribution in [0.2, 0.25) is 5.02 Å². The van der Waals surface area contributed by atoms with E-state index in [0.717, 1.165) is 42.7 Å². The molecule has 5 nitrogen and oxygen atoms in total. The number of fused-ring (bicyclic) bond motifs is 1. The van der Waals surface area contributed by atoms with Gasteiger partial charge >= 0.3 is 6.03 Å². The summed E-state index contributed by atoms with van der Waals surface area (Å²) >= 11 is 5.99. The molecule has 0 bridgehead atoms. The van der Waals surface area contributed by atoms with E-state index in [9.17, 15) is 9.59 Å². The highest BCUT2D eigenvalue weighted by molar-refractivity contribution is 6.30. The van der Waals surface area contributed by atoms with Crippen molar-refractivity contribution in [3.05, 3.63) is 34.3 Å². The Morgan fingerprint density at radius 3 is 2.77 bits per heavy atom. The summed E-state index contributed by atoms with van der Waals surface area (Å²) in [6, 6.07) is 5.39. The van der Waals surface area contributed by atoms with E-state index in [2.05, 4.69) is 10.6 Å². The first-order valence-electron chi connectivity index (χ1n) is 7.69. The van der Waals surface area contributed by atoms with Crippen LogP contribution >= 0.6 is 11.6 Å². The smallest absolute Gasteiger partial charge is 0.315 e. The number of nitrogens with one attached hydrogen (secondary N) is 2. The summed E-state index contributed by atoms with van der Waals surface area (Å²) in [5.74, 6) is -0.580. The molecule has 118 valence electrons. The fraction of sp³-hybridized carbons (Fsp3) is 0.500. The summed E-state index contributed by atoms with van der Waals surface area (Å²) in [5.41, 5.74) is 7.69. The molecule has 0 aliphatic heterocycles. The topological polar surface area (TPSA) is 84.2 Å². The highest BCUT2D eigenvalue weighted by Gasteiger charge is 2.33. The van der Waals surface area contributed by atoms with E-state index in [1.54, 1.807) is 0 Å². The van der Waals surface area contributed by atoms with Crippen LogP contribution in [0.4, 0.5) is 4.79 Å². The lowest BCUT2D eigenvalue weighted by Gasteiger charge is -2.21. The molecule has 2 aliphatic rings. The number of carbonyl (C=O) groups excluding carboxylic acids is 2. The van der Waals surface area contributed by atoms with Crippen molar-refractivity contribution in [1.82, 2.24) is 10.6 Å². The molecule has 1 fully saturated rings. The second kappa shape index (κ2) is 6.16. The van der Waals surface area contributed by atoms with Crippen LogP contribution in [0.3, 0.4) is 0 Å². The predicted octanol–water partition coefficient (Wildman–Crippen LogP) is 2.28. The summed E-state index contributed by atoms with van der Waals surface area (Å²) in [6.45, 7) is 0. The first-order chi connectivity index (χ1) is 10.5. The van der Waals surface area contributed by atoms with Gasteiger partial charge in [0.1, 0.15) is 0 Å². The monoisotopic (exact) mass is 321 g/mol. The van der Waals surface area contributed by atoms with Gasteiger partial charge in [0, 0.05) is 11.1 Å². The van der Waals surface area contributed by atoms with Crippen molar-refractivity contribution >= 4 is 23.5 Å². The zero-order valence-electron chi connectivity index (χ0n) is 12.3. The average Bonchev–Trinajstić information content (AvgIpc) is 3.06. The Morgan fingerprint density at radius 1 is 1.18 bits per heavy atom. The fourth-order valence-electron chi connectivity index (χ4n) is 3.58. The normalized spacial score (nSPS) is 26.5. The Bertz CT molecular complexity index is 605. The molecular weight excluding hydrogens is 302 g/mol. The highest BCUT2D eigenvalue weighted by Crippen LogP contribution is 2.33. The van der Waals surface area contributed by atoms with Crippen LogP contribution in [0.1, 0.15) is 42.9 Å². The molecule has 0 saturated heterocycles. The molecule has 0 spiro atoms. The van der Waals surface area contributed by atoms with Crippen molar-refractivity contribution in [2.24, 2.45) is 11.7 Å². The number of nitrogens with two attached hydrogens (primary N) is 1. The third-order valence-corrected chi connectivity index (χ3v) is 4.92. The number of carbonyl (C=O) groups is 2. The number of amides is 3. The Balaban J connectivity index is 1.61. The second-order valence-electron chi connectivity index (χ2n) is 6.10. The number of hydrogen-bond donors (Lipinski definition) is 3. The lowest BCUT2D eigenvalue weighted by atomic mass is 10.0. The van der Waals surface area contributed by atoms with Crippen molar-refractivity contribution < 1.29 is 9.59 Å². The zero-order chi connectivity index (χ0) is 15.7. The van der Waals surface area contributed by atoms with Crippen LogP contribution in [0.15, 0.2) is 18.2 Å².